The summed E-state index contributed by atoms with van der Waals surface area (Å²) in [5.74, 6) is 0.412. The number of hydrogen-bond donors (Lipinski definition) is 0. The van der Waals surface area contributed by atoms with E-state index in [0.29, 0.717) is 31.8 Å². The fraction of sp³-hybridized carbons (Fsp3) is 0.467. The molecule has 7 rings (SSSR count). The van der Waals surface area contributed by atoms with Crippen LogP contribution in [0.4, 0.5) is 0 Å². The van der Waals surface area contributed by atoms with Gasteiger partial charge in [-0.25, -0.2) is 4.68 Å². The number of halogens is 1. The van der Waals surface area contributed by atoms with Gasteiger partial charge in [0, 0.05) is 10.4 Å². The van der Waals surface area contributed by atoms with Gasteiger partial charge in [-0.15, -0.1) is 0 Å². The predicted molar refractivity (Wildman–Crippen MR) is 148 cm³/mol. The molecular weight excluding hydrogens is 498 g/mol. The van der Waals surface area contributed by atoms with Crippen molar-refractivity contribution in [2.24, 2.45) is 0 Å². The van der Waals surface area contributed by atoms with E-state index in [4.69, 9.17) is 21.1 Å². The van der Waals surface area contributed by atoms with Crippen LogP contribution >= 0.6 is 11.6 Å². The third-order valence-electron chi connectivity index (χ3n) is 8.75. The van der Waals surface area contributed by atoms with E-state index in [1.54, 1.807) is 0 Å². The molecule has 4 heterocycles. The van der Waals surface area contributed by atoms with Crippen molar-refractivity contribution in [2.45, 2.75) is 62.8 Å². The van der Waals surface area contributed by atoms with Crippen molar-refractivity contribution in [2.75, 3.05) is 26.3 Å². The summed E-state index contributed by atoms with van der Waals surface area (Å²) in [4.78, 5) is 2.58. The number of ether oxygens (including phenoxy) is 2. The lowest BCUT2D eigenvalue weighted by Crippen LogP contribution is -2.57. The maximum atomic E-state index is 6.85. The largest absolute Gasteiger partial charge is 0.377 e. The molecule has 3 aliphatic rings. The van der Waals surface area contributed by atoms with Crippen LogP contribution in [0, 0.1) is 0 Å². The van der Waals surface area contributed by atoms with Crippen LogP contribution in [-0.2, 0) is 16.1 Å². The first-order valence-corrected chi connectivity index (χ1v) is 14.2. The standard InChI is InChI=1S/C30H34ClN5O2/c1-30(20-37-19-29(30)38-18-21-5-3-2-4-6-21)34-11-9-22(10-12-34)26-14-28-23(13-27(26)31)15-33-36(28)25-16-32-35(17-25)24-7-8-24/h2-6,13-17,22,24,29H,7-12,18-20H2,1H3. The minimum absolute atomic E-state index is 0.0603. The van der Waals surface area contributed by atoms with Gasteiger partial charge in [0.1, 0.15) is 11.8 Å². The normalized spacial score (nSPS) is 24.9. The van der Waals surface area contributed by atoms with E-state index >= 15 is 0 Å². The van der Waals surface area contributed by atoms with Crippen molar-refractivity contribution in [3.63, 3.8) is 0 Å². The Morgan fingerprint density at radius 3 is 2.66 bits per heavy atom. The fourth-order valence-corrected chi connectivity index (χ4v) is 6.52. The van der Waals surface area contributed by atoms with Crippen LogP contribution in [0.5, 0.6) is 0 Å². The van der Waals surface area contributed by atoms with Gasteiger partial charge in [0.25, 0.3) is 0 Å². The summed E-state index contributed by atoms with van der Waals surface area (Å²) in [5.41, 5.74) is 4.40. The molecule has 198 valence electrons. The van der Waals surface area contributed by atoms with Crippen molar-refractivity contribution in [3.8, 4) is 5.69 Å². The minimum Gasteiger partial charge on any atom is -0.377 e. The van der Waals surface area contributed by atoms with Crippen LogP contribution in [0.3, 0.4) is 0 Å². The van der Waals surface area contributed by atoms with Gasteiger partial charge in [-0.2, -0.15) is 10.2 Å². The van der Waals surface area contributed by atoms with E-state index in [2.05, 4.69) is 69.3 Å². The predicted octanol–water partition coefficient (Wildman–Crippen LogP) is 5.76. The lowest BCUT2D eigenvalue weighted by Gasteiger charge is -2.45. The summed E-state index contributed by atoms with van der Waals surface area (Å²) < 4.78 is 16.4. The number of aromatic nitrogens is 4. The van der Waals surface area contributed by atoms with Crippen LogP contribution in [0.1, 0.15) is 55.7 Å². The molecule has 4 aromatic rings. The van der Waals surface area contributed by atoms with E-state index < -0.39 is 0 Å². The van der Waals surface area contributed by atoms with Crippen molar-refractivity contribution in [1.29, 1.82) is 0 Å². The Bertz CT molecular complexity index is 1420. The molecule has 2 saturated heterocycles. The van der Waals surface area contributed by atoms with E-state index in [1.807, 2.05) is 23.1 Å². The van der Waals surface area contributed by atoms with Crippen LogP contribution < -0.4 is 0 Å². The van der Waals surface area contributed by atoms with Gasteiger partial charge in [-0.1, -0.05) is 41.9 Å². The molecule has 0 bridgehead atoms. The zero-order chi connectivity index (χ0) is 25.7. The Morgan fingerprint density at radius 2 is 1.87 bits per heavy atom. The Morgan fingerprint density at radius 1 is 1.05 bits per heavy atom. The highest BCUT2D eigenvalue weighted by Crippen LogP contribution is 2.40. The van der Waals surface area contributed by atoms with Crippen molar-refractivity contribution < 1.29 is 9.47 Å². The maximum absolute atomic E-state index is 6.85. The van der Waals surface area contributed by atoms with E-state index in [9.17, 15) is 0 Å². The number of nitrogens with zero attached hydrogens (tertiary/aromatic N) is 5. The lowest BCUT2D eigenvalue weighted by molar-refractivity contribution is -0.0521. The minimum atomic E-state index is -0.117. The first-order valence-electron chi connectivity index (χ1n) is 13.8. The quantitative estimate of drug-likeness (QED) is 0.303. The average Bonchev–Trinajstić information content (AvgIpc) is 3.35. The molecule has 8 heteroatoms. The molecule has 2 atom stereocenters. The second-order valence-corrected chi connectivity index (χ2v) is 11.7. The number of likely N-dealkylation sites (tertiary alicyclic amines) is 1. The third kappa shape index (κ3) is 4.45. The molecule has 0 radical (unpaired) electrons. The number of piperidine rings is 1. The number of hydrogen-bond acceptors (Lipinski definition) is 5. The van der Waals surface area contributed by atoms with Crippen molar-refractivity contribution in [1.82, 2.24) is 24.5 Å². The molecular formula is C30H34ClN5O2. The van der Waals surface area contributed by atoms with Gasteiger partial charge in [-0.3, -0.25) is 9.58 Å². The first-order chi connectivity index (χ1) is 18.6. The maximum Gasteiger partial charge on any atom is 0.103 e. The molecule has 2 aromatic heterocycles. The molecule has 2 unspecified atom stereocenters. The Labute approximate surface area is 228 Å². The number of fused-ring (bicyclic) bond motifs is 1. The SMILES string of the molecule is CC1(N2CCC(c3cc4c(cnn4-c4cnn(C5CC5)c4)cc3Cl)CC2)COCC1OCc1ccccc1. The van der Waals surface area contributed by atoms with Gasteiger partial charge >= 0.3 is 0 Å². The highest BCUT2D eigenvalue weighted by atomic mass is 35.5. The highest BCUT2D eigenvalue weighted by Gasteiger charge is 2.46. The summed E-state index contributed by atoms with van der Waals surface area (Å²) in [7, 11) is 0. The van der Waals surface area contributed by atoms with E-state index in [0.717, 1.165) is 47.5 Å². The molecule has 0 amide bonds. The third-order valence-corrected chi connectivity index (χ3v) is 9.08. The Hall–Kier alpha value is -2.71. The average molecular weight is 532 g/mol. The zero-order valence-corrected chi connectivity index (χ0v) is 22.6. The summed E-state index contributed by atoms with van der Waals surface area (Å²) in [6, 6.07) is 15.3. The molecule has 2 aliphatic heterocycles. The Kier molecular flexibility index (Phi) is 6.27. The fourth-order valence-electron chi connectivity index (χ4n) is 6.20. The van der Waals surface area contributed by atoms with E-state index in [1.165, 1.54) is 24.0 Å². The van der Waals surface area contributed by atoms with Gasteiger partial charge in [-0.05, 0) is 74.9 Å². The molecule has 0 spiro atoms. The molecule has 1 aliphatic carbocycles. The van der Waals surface area contributed by atoms with Crippen LogP contribution in [-0.4, -0.2) is 62.4 Å². The second-order valence-electron chi connectivity index (χ2n) is 11.3. The highest BCUT2D eigenvalue weighted by molar-refractivity contribution is 6.32. The lowest BCUT2D eigenvalue weighted by atomic mass is 9.85. The van der Waals surface area contributed by atoms with Crippen LogP contribution in [0.2, 0.25) is 5.02 Å². The van der Waals surface area contributed by atoms with Gasteiger partial charge in [0.2, 0.25) is 0 Å². The summed E-state index contributed by atoms with van der Waals surface area (Å²) in [6.45, 7) is 6.26. The molecule has 3 fully saturated rings. The number of rotatable bonds is 7. The first kappa shape index (κ1) is 24.3. The molecule has 7 nitrogen and oxygen atoms in total. The van der Waals surface area contributed by atoms with Crippen molar-refractivity contribution >= 4 is 22.5 Å². The van der Waals surface area contributed by atoms with Crippen LogP contribution in [0.25, 0.3) is 16.6 Å². The van der Waals surface area contributed by atoms with Crippen molar-refractivity contribution in [3.05, 3.63) is 77.2 Å². The van der Waals surface area contributed by atoms with E-state index in [-0.39, 0.29) is 11.6 Å². The summed E-state index contributed by atoms with van der Waals surface area (Å²) in [6.07, 6.45) is 10.5. The molecule has 0 N–H and O–H groups in total. The smallest absolute Gasteiger partial charge is 0.103 e. The van der Waals surface area contributed by atoms with Gasteiger partial charge < -0.3 is 9.47 Å². The molecule has 2 aromatic carbocycles. The Balaban J connectivity index is 1.06. The topological polar surface area (TPSA) is 57.3 Å². The van der Waals surface area contributed by atoms with Crippen LogP contribution in [0.15, 0.2) is 61.1 Å². The van der Waals surface area contributed by atoms with Gasteiger partial charge in [0.15, 0.2) is 0 Å². The molecule has 1 saturated carbocycles. The van der Waals surface area contributed by atoms with Gasteiger partial charge in [0.05, 0.1) is 55.5 Å². The molecule has 38 heavy (non-hydrogen) atoms. The number of benzene rings is 2. The second kappa shape index (κ2) is 9.79. The summed E-state index contributed by atoms with van der Waals surface area (Å²) >= 11 is 6.85. The summed E-state index contributed by atoms with van der Waals surface area (Å²) in [5, 5.41) is 11.1. The zero-order valence-electron chi connectivity index (χ0n) is 21.8. The monoisotopic (exact) mass is 531 g/mol.